The molecule has 6 aromatic rings. The lowest BCUT2D eigenvalue weighted by molar-refractivity contribution is 0.545. The van der Waals surface area contributed by atoms with Crippen LogP contribution in [-0.4, -0.2) is 19.7 Å². The molecule has 4 nitrogen and oxygen atoms in total. The summed E-state index contributed by atoms with van der Waals surface area (Å²) in [4.78, 5) is 8.64. The zero-order valence-electron chi connectivity index (χ0n) is 22.3. The van der Waals surface area contributed by atoms with Crippen molar-refractivity contribution in [3.8, 4) is 45.0 Å². The molecule has 1 N–H and O–H groups in total. The van der Waals surface area contributed by atoms with E-state index in [1.54, 1.807) is 0 Å². The first-order valence-corrected chi connectivity index (χ1v) is 14.4. The van der Waals surface area contributed by atoms with Gasteiger partial charge in [-0.05, 0) is 24.5 Å². The smallest absolute Gasteiger partial charge is 0.120 e. The number of hydrogen-bond acceptors (Lipinski definition) is 3. The van der Waals surface area contributed by atoms with Gasteiger partial charge in [0.25, 0.3) is 0 Å². The third-order valence-corrected chi connectivity index (χ3v) is 7.67. The molecule has 0 fully saturated rings. The molecular weight excluding hydrogens is 508 g/mol. The van der Waals surface area contributed by atoms with E-state index in [1.165, 1.54) is 5.56 Å². The zero-order chi connectivity index (χ0) is 27.1. The number of hydrogen-bond donors (Lipinski definition) is 2. The Hall–Kier alpha value is -4.35. The maximum absolute atomic E-state index is 5.03. The molecule has 2 heterocycles. The molecule has 0 saturated carbocycles. The number of H-pyrrole nitrogens is 1. The van der Waals surface area contributed by atoms with Crippen LogP contribution >= 0.6 is 12.6 Å². The second-order valence-electron chi connectivity index (χ2n) is 9.96. The molecule has 0 spiro atoms. The Kier molecular flexibility index (Phi) is 7.92. The number of nitrogens with zero attached hydrogens (tertiary/aromatic N) is 3. The minimum Gasteiger partial charge on any atom is -0.341 e. The topological polar surface area (TPSA) is 46.5 Å². The number of unbranched alkanes of at least 4 members (excludes halogenated alkanes) is 1. The lowest BCUT2D eigenvalue weighted by Gasteiger charge is -2.10. The van der Waals surface area contributed by atoms with Gasteiger partial charge < -0.3 is 4.98 Å². The van der Waals surface area contributed by atoms with Crippen molar-refractivity contribution in [3.63, 3.8) is 0 Å². The SMILES string of the molecule is SC(CCCCn1nc(-c2ccccc2)cc1-c1ccccc1)c1nc(-c2ccccc2)c(-c2ccccc2)[nH]1. The van der Waals surface area contributed by atoms with Crippen molar-refractivity contribution in [1.29, 1.82) is 0 Å². The van der Waals surface area contributed by atoms with Crippen molar-refractivity contribution in [3.05, 3.63) is 133 Å². The number of aryl methyl sites for hydroxylation is 1. The summed E-state index contributed by atoms with van der Waals surface area (Å²) in [6, 6.07) is 43.9. The highest BCUT2D eigenvalue weighted by Crippen LogP contribution is 2.34. The predicted octanol–water partition coefficient (Wildman–Crippen LogP) is 9.12. The summed E-state index contributed by atoms with van der Waals surface area (Å²) >= 11 is 4.98. The van der Waals surface area contributed by atoms with E-state index in [0.29, 0.717) is 0 Å². The van der Waals surface area contributed by atoms with Gasteiger partial charge in [-0.15, -0.1) is 0 Å². The van der Waals surface area contributed by atoms with Crippen molar-refractivity contribution < 1.29 is 0 Å². The first-order chi connectivity index (χ1) is 19.8. The molecule has 0 aliphatic heterocycles. The van der Waals surface area contributed by atoms with Crippen LogP contribution in [-0.2, 0) is 6.54 Å². The monoisotopic (exact) mass is 540 g/mol. The number of thiol groups is 1. The van der Waals surface area contributed by atoms with Gasteiger partial charge in [-0.3, -0.25) is 4.68 Å². The van der Waals surface area contributed by atoms with Crippen LogP contribution in [0, 0.1) is 0 Å². The van der Waals surface area contributed by atoms with Crippen LogP contribution in [0.3, 0.4) is 0 Å². The molecule has 6 rings (SSSR count). The highest BCUT2D eigenvalue weighted by atomic mass is 32.1. The predicted molar refractivity (Wildman–Crippen MR) is 168 cm³/mol. The summed E-state index contributed by atoms with van der Waals surface area (Å²) in [5.74, 6) is 0.913. The molecule has 0 aliphatic rings. The van der Waals surface area contributed by atoms with Crippen LogP contribution in [0.2, 0.25) is 0 Å². The Morgan fingerprint density at radius 1 is 0.650 bits per heavy atom. The van der Waals surface area contributed by atoms with E-state index in [4.69, 9.17) is 22.7 Å². The van der Waals surface area contributed by atoms with E-state index in [-0.39, 0.29) is 5.25 Å². The van der Waals surface area contributed by atoms with Crippen LogP contribution in [0.15, 0.2) is 127 Å². The van der Waals surface area contributed by atoms with E-state index in [9.17, 15) is 0 Å². The number of aromatic nitrogens is 4. The molecule has 40 heavy (non-hydrogen) atoms. The average molecular weight is 541 g/mol. The highest BCUT2D eigenvalue weighted by molar-refractivity contribution is 7.80. The quantitative estimate of drug-likeness (QED) is 0.134. The molecule has 0 amide bonds. The van der Waals surface area contributed by atoms with Crippen LogP contribution < -0.4 is 0 Å². The standard InChI is InChI=1S/C35H32N4S/c40-32(35-36-33(28-19-9-3-10-20-28)34(37-35)29-21-11-4-12-22-29)23-13-14-24-39-31(27-17-7-2-8-18-27)25-30(38-39)26-15-5-1-6-16-26/h1-12,15-22,25,32,40H,13-14,23-24H2,(H,36,37). The fourth-order valence-corrected chi connectivity index (χ4v) is 5.39. The van der Waals surface area contributed by atoms with Crippen molar-refractivity contribution in [1.82, 2.24) is 19.7 Å². The second kappa shape index (κ2) is 12.2. The fraction of sp³-hybridized carbons (Fsp3) is 0.143. The minimum atomic E-state index is 0.0195. The van der Waals surface area contributed by atoms with Gasteiger partial charge in [-0.2, -0.15) is 17.7 Å². The van der Waals surface area contributed by atoms with Gasteiger partial charge in [0, 0.05) is 23.2 Å². The van der Waals surface area contributed by atoms with Crippen LogP contribution in [0.5, 0.6) is 0 Å². The van der Waals surface area contributed by atoms with Gasteiger partial charge in [0.1, 0.15) is 5.82 Å². The maximum Gasteiger partial charge on any atom is 0.120 e. The van der Waals surface area contributed by atoms with Crippen LogP contribution in [0.1, 0.15) is 30.3 Å². The Bertz CT molecular complexity index is 1580. The third kappa shape index (κ3) is 5.80. The summed E-state index contributed by atoms with van der Waals surface area (Å²) < 4.78 is 2.15. The van der Waals surface area contributed by atoms with Gasteiger partial charge in [0.05, 0.1) is 28.0 Å². The van der Waals surface area contributed by atoms with Crippen LogP contribution in [0.25, 0.3) is 45.0 Å². The molecule has 0 aliphatic carbocycles. The number of nitrogens with one attached hydrogen (secondary N) is 1. The molecule has 0 bridgehead atoms. The average Bonchev–Trinajstić information content (AvgIpc) is 3.67. The Balaban J connectivity index is 1.17. The first kappa shape index (κ1) is 25.9. The largest absolute Gasteiger partial charge is 0.341 e. The van der Waals surface area contributed by atoms with Crippen LogP contribution in [0.4, 0.5) is 0 Å². The van der Waals surface area contributed by atoms with Gasteiger partial charge in [0.15, 0.2) is 0 Å². The van der Waals surface area contributed by atoms with E-state index in [1.807, 2.05) is 18.2 Å². The summed E-state index contributed by atoms with van der Waals surface area (Å²) in [5, 5.41) is 5.01. The number of aromatic amines is 1. The molecule has 198 valence electrons. The molecule has 0 saturated heterocycles. The molecule has 0 radical (unpaired) electrons. The van der Waals surface area contributed by atoms with Crippen molar-refractivity contribution >= 4 is 12.6 Å². The number of benzene rings is 4. The first-order valence-electron chi connectivity index (χ1n) is 13.8. The zero-order valence-corrected chi connectivity index (χ0v) is 23.2. The maximum atomic E-state index is 5.03. The Morgan fingerprint density at radius 3 is 1.82 bits per heavy atom. The van der Waals surface area contributed by atoms with E-state index in [0.717, 1.165) is 71.1 Å². The number of imidazole rings is 1. The second-order valence-corrected chi connectivity index (χ2v) is 10.6. The third-order valence-electron chi connectivity index (χ3n) is 7.16. The molecule has 2 aromatic heterocycles. The van der Waals surface area contributed by atoms with E-state index >= 15 is 0 Å². The molecule has 1 unspecified atom stereocenters. The highest BCUT2D eigenvalue weighted by Gasteiger charge is 2.18. The fourth-order valence-electron chi connectivity index (χ4n) is 5.08. The molecule has 1 atom stereocenters. The lowest BCUT2D eigenvalue weighted by Crippen LogP contribution is -2.03. The van der Waals surface area contributed by atoms with Gasteiger partial charge >= 0.3 is 0 Å². The summed E-state index contributed by atoms with van der Waals surface area (Å²) in [6.45, 7) is 0.847. The number of rotatable bonds is 10. The summed E-state index contributed by atoms with van der Waals surface area (Å²) in [6.07, 6.45) is 2.95. The summed E-state index contributed by atoms with van der Waals surface area (Å²) in [7, 11) is 0. The molecular formula is C35H32N4S. The minimum absolute atomic E-state index is 0.0195. The van der Waals surface area contributed by atoms with E-state index in [2.05, 4.69) is 119 Å². The van der Waals surface area contributed by atoms with Gasteiger partial charge in [0.2, 0.25) is 0 Å². The molecule has 5 heteroatoms. The Morgan fingerprint density at radius 2 is 1.20 bits per heavy atom. The molecule has 4 aromatic carbocycles. The summed E-state index contributed by atoms with van der Waals surface area (Å²) in [5.41, 5.74) is 8.71. The van der Waals surface area contributed by atoms with Crippen molar-refractivity contribution in [2.45, 2.75) is 31.1 Å². The van der Waals surface area contributed by atoms with Gasteiger partial charge in [-0.25, -0.2) is 4.98 Å². The van der Waals surface area contributed by atoms with Crippen molar-refractivity contribution in [2.75, 3.05) is 0 Å². The van der Waals surface area contributed by atoms with Crippen molar-refractivity contribution in [2.24, 2.45) is 0 Å². The normalized spacial score (nSPS) is 11.9. The van der Waals surface area contributed by atoms with E-state index < -0.39 is 0 Å². The van der Waals surface area contributed by atoms with Gasteiger partial charge in [-0.1, -0.05) is 128 Å². The Labute approximate surface area is 241 Å². The lowest BCUT2D eigenvalue weighted by atomic mass is 10.1.